The lowest BCUT2D eigenvalue weighted by molar-refractivity contribution is 0.0592. The molecule has 2 amide bonds. The lowest BCUT2D eigenvalue weighted by Crippen LogP contribution is -2.46. The number of phenols is 1. The predicted octanol–water partition coefficient (Wildman–Crippen LogP) is 2.67. The van der Waals surface area contributed by atoms with Gasteiger partial charge >= 0.3 is 6.03 Å². The topological polar surface area (TPSA) is 81.6 Å². The monoisotopic (exact) mass is 346 g/mol. The minimum Gasteiger partial charge on any atom is -0.508 e. The Kier molecular flexibility index (Phi) is 5.98. The highest BCUT2D eigenvalue weighted by molar-refractivity contribution is 5.74. The molecule has 0 fully saturated rings. The van der Waals surface area contributed by atoms with Crippen molar-refractivity contribution in [1.82, 2.24) is 10.6 Å². The van der Waals surface area contributed by atoms with E-state index < -0.39 is 11.6 Å². The molecule has 0 aliphatic heterocycles. The summed E-state index contributed by atoms with van der Waals surface area (Å²) in [7, 11) is 0. The second-order valence-corrected chi connectivity index (χ2v) is 6.38. The first-order chi connectivity index (χ1) is 11.8. The van der Waals surface area contributed by atoms with Gasteiger partial charge in [-0.3, -0.25) is 0 Å². The highest BCUT2D eigenvalue weighted by Gasteiger charge is 2.24. The van der Waals surface area contributed by atoms with Crippen molar-refractivity contribution in [3.05, 3.63) is 65.5 Å². The maximum atomic E-state index is 13.0. The van der Waals surface area contributed by atoms with Crippen LogP contribution in [0.25, 0.3) is 0 Å². The molecule has 2 aromatic carbocycles. The Labute approximate surface area is 146 Å². The molecule has 0 heterocycles. The van der Waals surface area contributed by atoms with E-state index in [1.54, 1.807) is 31.2 Å². The number of hydrogen-bond acceptors (Lipinski definition) is 3. The number of urea groups is 1. The second kappa shape index (κ2) is 7.98. The molecular formula is C19H23FN2O3. The molecule has 0 bridgehead atoms. The van der Waals surface area contributed by atoms with Crippen LogP contribution in [0.4, 0.5) is 9.18 Å². The summed E-state index contributed by atoms with van der Waals surface area (Å²) in [5, 5.41) is 25.1. The molecule has 5 nitrogen and oxygen atoms in total. The van der Waals surface area contributed by atoms with Gasteiger partial charge in [0.05, 0.1) is 6.54 Å². The van der Waals surface area contributed by atoms with E-state index in [1.807, 2.05) is 6.92 Å². The van der Waals surface area contributed by atoms with E-state index in [2.05, 4.69) is 10.6 Å². The van der Waals surface area contributed by atoms with Crippen LogP contribution in [0.3, 0.4) is 0 Å². The average Bonchev–Trinajstić information content (AvgIpc) is 2.55. The number of hydrogen-bond donors (Lipinski definition) is 4. The molecule has 2 unspecified atom stereocenters. The van der Waals surface area contributed by atoms with Crippen molar-refractivity contribution < 1.29 is 19.4 Å². The third-order valence-corrected chi connectivity index (χ3v) is 3.92. The average molecular weight is 346 g/mol. The molecule has 0 aromatic heterocycles. The SMILES string of the molecule is CC(Cc1ccc(O)cc1)NC(=O)NCC(C)(O)c1ccc(F)cc1. The summed E-state index contributed by atoms with van der Waals surface area (Å²) in [4.78, 5) is 12.0. The first-order valence-electron chi connectivity index (χ1n) is 8.07. The molecule has 2 rings (SSSR count). The van der Waals surface area contributed by atoms with Crippen LogP contribution in [0, 0.1) is 5.82 Å². The molecule has 0 radical (unpaired) electrons. The second-order valence-electron chi connectivity index (χ2n) is 6.38. The van der Waals surface area contributed by atoms with Gasteiger partial charge in [0.25, 0.3) is 0 Å². The predicted molar refractivity (Wildman–Crippen MR) is 93.8 cm³/mol. The van der Waals surface area contributed by atoms with Gasteiger partial charge in [0, 0.05) is 6.04 Å². The molecule has 0 saturated heterocycles. The molecule has 134 valence electrons. The molecule has 2 aromatic rings. The molecule has 4 N–H and O–H groups in total. The quantitative estimate of drug-likeness (QED) is 0.649. The summed E-state index contributed by atoms with van der Waals surface area (Å²) in [6.07, 6.45) is 0.613. The fourth-order valence-electron chi connectivity index (χ4n) is 2.47. The minimum atomic E-state index is -1.30. The van der Waals surface area contributed by atoms with Crippen LogP contribution >= 0.6 is 0 Å². The fraction of sp³-hybridized carbons (Fsp3) is 0.316. The molecule has 0 spiro atoms. The Balaban J connectivity index is 1.82. The highest BCUT2D eigenvalue weighted by atomic mass is 19.1. The number of carbonyl (C=O) groups excluding carboxylic acids is 1. The minimum absolute atomic E-state index is 0.00358. The zero-order chi connectivity index (χ0) is 18.4. The third kappa shape index (κ3) is 5.76. The number of carbonyl (C=O) groups is 1. The largest absolute Gasteiger partial charge is 0.508 e. The van der Waals surface area contributed by atoms with Crippen LogP contribution < -0.4 is 10.6 Å². The summed E-state index contributed by atoms with van der Waals surface area (Å²) in [5.41, 5.74) is 0.209. The summed E-state index contributed by atoms with van der Waals surface area (Å²) in [5.74, 6) is -0.182. The van der Waals surface area contributed by atoms with Crippen molar-refractivity contribution in [2.24, 2.45) is 0 Å². The molecule has 0 aliphatic rings. The maximum absolute atomic E-state index is 13.0. The van der Waals surface area contributed by atoms with Crippen LogP contribution in [0.5, 0.6) is 5.75 Å². The van der Waals surface area contributed by atoms with Gasteiger partial charge in [-0.1, -0.05) is 24.3 Å². The van der Waals surface area contributed by atoms with E-state index >= 15 is 0 Å². The van der Waals surface area contributed by atoms with Crippen LogP contribution in [0.2, 0.25) is 0 Å². The maximum Gasteiger partial charge on any atom is 0.315 e. The molecule has 2 atom stereocenters. The first-order valence-corrected chi connectivity index (χ1v) is 8.07. The van der Waals surface area contributed by atoms with Crippen molar-refractivity contribution in [2.75, 3.05) is 6.54 Å². The van der Waals surface area contributed by atoms with Gasteiger partial charge in [-0.15, -0.1) is 0 Å². The lowest BCUT2D eigenvalue weighted by atomic mass is 9.96. The van der Waals surface area contributed by atoms with Crippen molar-refractivity contribution in [1.29, 1.82) is 0 Å². The van der Waals surface area contributed by atoms with Crippen LogP contribution in [-0.2, 0) is 12.0 Å². The van der Waals surface area contributed by atoms with Crippen molar-refractivity contribution >= 4 is 6.03 Å². The summed E-state index contributed by atoms with van der Waals surface area (Å²) >= 11 is 0. The van der Waals surface area contributed by atoms with E-state index in [9.17, 15) is 19.4 Å². The van der Waals surface area contributed by atoms with E-state index in [0.717, 1.165) is 5.56 Å². The van der Waals surface area contributed by atoms with Crippen molar-refractivity contribution in [3.8, 4) is 5.75 Å². The highest BCUT2D eigenvalue weighted by Crippen LogP contribution is 2.19. The van der Waals surface area contributed by atoms with Crippen LogP contribution in [0.1, 0.15) is 25.0 Å². The Morgan fingerprint density at radius 1 is 1.16 bits per heavy atom. The van der Waals surface area contributed by atoms with E-state index in [4.69, 9.17) is 0 Å². The number of benzene rings is 2. The van der Waals surface area contributed by atoms with Crippen molar-refractivity contribution in [3.63, 3.8) is 0 Å². The van der Waals surface area contributed by atoms with Gasteiger partial charge in [0.2, 0.25) is 0 Å². The van der Waals surface area contributed by atoms with Gasteiger partial charge in [0.15, 0.2) is 0 Å². The van der Waals surface area contributed by atoms with Gasteiger partial charge in [0.1, 0.15) is 17.2 Å². The number of halogens is 1. The number of nitrogens with one attached hydrogen (secondary N) is 2. The fourth-order valence-corrected chi connectivity index (χ4v) is 2.47. The van der Waals surface area contributed by atoms with E-state index in [-0.39, 0.29) is 24.2 Å². The van der Waals surface area contributed by atoms with Gasteiger partial charge in [-0.05, 0) is 55.7 Å². The Morgan fingerprint density at radius 3 is 2.36 bits per heavy atom. The first kappa shape index (κ1) is 18.7. The lowest BCUT2D eigenvalue weighted by Gasteiger charge is -2.25. The Hall–Kier alpha value is -2.60. The zero-order valence-corrected chi connectivity index (χ0v) is 14.3. The van der Waals surface area contributed by atoms with Gasteiger partial charge < -0.3 is 20.8 Å². The Bertz CT molecular complexity index is 700. The number of aliphatic hydroxyl groups is 1. The van der Waals surface area contributed by atoms with Gasteiger partial charge in [-0.25, -0.2) is 9.18 Å². The molecule has 0 saturated carbocycles. The Morgan fingerprint density at radius 2 is 1.76 bits per heavy atom. The molecular weight excluding hydrogens is 323 g/mol. The normalized spacial score (nSPS) is 14.4. The number of rotatable bonds is 6. The number of phenolic OH excluding ortho intramolecular Hbond substituents is 1. The third-order valence-electron chi connectivity index (χ3n) is 3.92. The van der Waals surface area contributed by atoms with Crippen LogP contribution in [0.15, 0.2) is 48.5 Å². The summed E-state index contributed by atoms with van der Waals surface area (Å²) in [6.45, 7) is 3.42. The van der Waals surface area contributed by atoms with Gasteiger partial charge in [-0.2, -0.15) is 0 Å². The molecule has 0 aliphatic carbocycles. The zero-order valence-electron chi connectivity index (χ0n) is 14.3. The standard InChI is InChI=1S/C19H23FN2O3/c1-13(11-14-3-9-17(23)10-4-14)22-18(24)21-12-19(2,25)15-5-7-16(20)8-6-15/h3-10,13,23,25H,11-12H2,1-2H3,(H2,21,22,24). The summed E-state index contributed by atoms with van der Waals surface area (Å²) < 4.78 is 13.0. The smallest absolute Gasteiger partial charge is 0.315 e. The molecule has 25 heavy (non-hydrogen) atoms. The summed E-state index contributed by atoms with van der Waals surface area (Å²) in [6, 6.07) is 11.8. The van der Waals surface area contributed by atoms with Crippen LogP contribution in [-0.4, -0.2) is 28.8 Å². The number of aromatic hydroxyl groups is 1. The van der Waals surface area contributed by atoms with Crippen molar-refractivity contribution in [2.45, 2.75) is 31.9 Å². The van der Waals surface area contributed by atoms with E-state index in [0.29, 0.717) is 12.0 Å². The number of amides is 2. The van der Waals surface area contributed by atoms with E-state index in [1.165, 1.54) is 24.3 Å². The molecule has 6 heteroatoms.